The quantitative estimate of drug-likeness (QED) is 0.740. The van der Waals surface area contributed by atoms with E-state index in [1.807, 2.05) is 4.90 Å². The van der Waals surface area contributed by atoms with Crippen molar-refractivity contribution in [1.82, 2.24) is 10.6 Å². The molecule has 2 aliphatic heterocycles. The molecule has 2 aliphatic rings. The molecule has 0 bridgehead atoms. The van der Waals surface area contributed by atoms with Crippen LogP contribution in [0.25, 0.3) is 0 Å². The SMILES string of the molecule is COC(=O)NCC1CCN(c2ccc(N3CC(CNC(C)=O)OC3=O)cc2F)C1. The second kappa shape index (κ2) is 8.97. The molecule has 2 fully saturated rings. The van der Waals surface area contributed by atoms with Gasteiger partial charge in [0.25, 0.3) is 0 Å². The number of carbonyl (C=O) groups is 3. The Labute approximate surface area is 168 Å². The number of ether oxygens (including phenoxy) is 2. The Morgan fingerprint density at radius 1 is 1.28 bits per heavy atom. The monoisotopic (exact) mass is 408 g/mol. The maximum atomic E-state index is 14.8. The lowest BCUT2D eigenvalue weighted by atomic mass is 10.1. The van der Waals surface area contributed by atoms with E-state index in [1.54, 1.807) is 12.1 Å². The minimum atomic E-state index is -0.567. The Kier molecular flexibility index (Phi) is 6.40. The lowest BCUT2D eigenvalue weighted by Crippen LogP contribution is -2.33. The third-order valence-electron chi connectivity index (χ3n) is 5.04. The zero-order valence-electron chi connectivity index (χ0n) is 16.4. The Balaban J connectivity index is 1.60. The highest BCUT2D eigenvalue weighted by Crippen LogP contribution is 2.30. The Hall–Kier alpha value is -3.04. The number of amides is 3. The summed E-state index contributed by atoms with van der Waals surface area (Å²) in [7, 11) is 1.31. The van der Waals surface area contributed by atoms with Gasteiger partial charge in [-0.05, 0) is 30.5 Å². The van der Waals surface area contributed by atoms with Crippen LogP contribution >= 0.6 is 0 Å². The van der Waals surface area contributed by atoms with Crippen LogP contribution in [0.2, 0.25) is 0 Å². The van der Waals surface area contributed by atoms with E-state index in [2.05, 4.69) is 15.4 Å². The Bertz CT molecular complexity index is 790. The van der Waals surface area contributed by atoms with Crippen LogP contribution in [-0.4, -0.2) is 64.0 Å². The molecule has 0 spiro atoms. The van der Waals surface area contributed by atoms with Gasteiger partial charge < -0.3 is 25.0 Å². The van der Waals surface area contributed by atoms with Gasteiger partial charge in [-0.3, -0.25) is 9.69 Å². The van der Waals surface area contributed by atoms with Crippen LogP contribution in [-0.2, 0) is 14.3 Å². The number of nitrogens with one attached hydrogen (secondary N) is 2. The van der Waals surface area contributed by atoms with Crippen LogP contribution in [0.4, 0.5) is 25.4 Å². The van der Waals surface area contributed by atoms with Crippen LogP contribution in [0.3, 0.4) is 0 Å². The average Bonchev–Trinajstić information content (AvgIpc) is 3.30. The maximum Gasteiger partial charge on any atom is 0.414 e. The number of nitrogens with zero attached hydrogens (tertiary/aromatic N) is 2. The normalized spacial score (nSPS) is 21.1. The Morgan fingerprint density at radius 3 is 2.76 bits per heavy atom. The number of cyclic esters (lactones) is 1. The number of hydrogen-bond donors (Lipinski definition) is 2. The number of halogens is 1. The van der Waals surface area contributed by atoms with Gasteiger partial charge in [0.1, 0.15) is 11.9 Å². The number of methoxy groups -OCH3 is 1. The van der Waals surface area contributed by atoms with Gasteiger partial charge in [-0.25, -0.2) is 14.0 Å². The maximum absolute atomic E-state index is 14.8. The molecule has 158 valence electrons. The van der Waals surface area contributed by atoms with E-state index in [4.69, 9.17) is 4.74 Å². The van der Waals surface area contributed by atoms with Crippen molar-refractivity contribution in [2.75, 3.05) is 49.6 Å². The smallest absolute Gasteiger partial charge is 0.414 e. The van der Waals surface area contributed by atoms with E-state index < -0.39 is 24.1 Å². The first-order valence-corrected chi connectivity index (χ1v) is 9.46. The van der Waals surface area contributed by atoms with Crippen LogP contribution in [0, 0.1) is 11.7 Å². The highest BCUT2D eigenvalue weighted by Gasteiger charge is 2.33. The van der Waals surface area contributed by atoms with Crippen molar-refractivity contribution >= 4 is 29.5 Å². The minimum absolute atomic E-state index is 0.205. The fraction of sp³-hybridized carbons (Fsp3) is 0.526. The first kappa shape index (κ1) is 20.7. The molecule has 9 nitrogen and oxygen atoms in total. The molecule has 2 saturated heterocycles. The molecule has 0 saturated carbocycles. The van der Waals surface area contributed by atoms with E-state index >= 15 is 0 Å². The highest BCUT2D eigenvalue weighted by molar-refractivity contribution is 5.90. The van der Waals surface area contributed by atoms with Crippen molar-refractivity contribution in [3.05, 3.63) is 24.0 Å². The standard InChI is InChI=1S/C19H25FN4O5/c1-12(25)21-9-15-11-24(19(27)29-15)14-3-4-17(16(20)7-14)23-6-5-13(10-23)8-22-18(26)28-2/h3-4,7,13,15H,5-6,8-11H2,1-2H3,(H,21,25)(H,22,26). The average molecular weight is 408 g/mol. The summed E-state index contributed by atoms with van der Waals surface area (Å²) in [5.74, 6) is -0.431. The molecule has 3 amide bonds. The molecule has 0 radical (unpaired) electrons. The van der Waals surface area contributed by atoms with Crippen molar-refractivity contribution in [3.8, 4) is 0 Å². The number of carbonyl (C=O) groups excluding carboxylic acids is 3. The van der Waals surface area contributed by atoms with Crippen molar-refractivity contribution in [2.45, 2.75) is 19.4 Å². The van der Waals surface area contributed by atoms with Crippen LogP contribution in [0.1, 0.15) is 13.3 Å². The molecule has 2 unspecified atom stereocenters. The van der Waals surface area contributed by atoms with Gasteiger partial charge >= 0.3 is 12.2 Å². The third kappa shape index (κ3) is 5.07. The lowest BCUT2D eigenvalue weighted by molar-refractivity contribution is -0.119. The molecule has 2 heterocycles. The summed E-state index contributed by atoms with van der Waals surface area (Å²) in [6, 6.07) is 4.65. The summed E-state index contributed by atoms with van der Waals surface area (Å²) in [6.45, 7) is 3.60. The molecule has 0 aliphatic carbocycles. The molecule has 10 heteroatoms. The van der Waals surface area contributed by atoms with E-state index in [0.29, 0.717) is 31.0 Å². The topological polar surface area (TPSA) is 100 Å². The zero-order valence-corrected chi connectivity index (χ0v) is 16.4. The van der Waals surface area contributed by atoms with Crippen molar-refractivity contribution in [1.29, 1.82) is 0 Å². The van der Waals surface area contributed by atoms with Gasteiger partial charge in [0.2, 0.25) is 5.91 Å². The molecule has 2 N–H and O–H groups in total. The van der Waals surface area contributed by atoms with E-state index in [1.165, 1.54) is 25.0 Å². The van der Waals surface area contributed by atoms with E-state index in [-0.39, 0.29) is 24.9 Å². The van der Waals surface area contributed by atoms with Crippen LogP contribution < -0.4 is 20.4 Å². The molecule has 1 aromatic carbocycles. The van der Waals surface area contributed by atoms with E-state index in [9.17, 15) is 18.8 Å². The Morgan fingerprint density at radius 2 is 2.07 bits per heavy atom. The highest BCUT2D eigenvalue weighted by atomic mass is 19.1. The van der Waals surface area contributed by atoms with Crippen molar-refractivity contribution in [2.24, 2.45) is 5.92 Å². The fourth-order valence-corrected chi connectivity index (χ4v) is 3.53. The minimum Gasteiger partial charge on any atom is -0.453 e. The molecular formula is C19H25FN4O5. The second-order valence-corrected chi connectivity index (χ2v) is 7.16. The van der Waals surface area contributed by atoms with Gasteiger partial charge in [0.05, 0.1) is 31.6 Å². The lowest BCUT2D eigenvalue weighted by Gasteiger charge is -2.21. The predicted octanol–water partition coefficient (Wildman–Crippen LogP) is 1.47. The molecule has 2 atom stereocenters. The number of hydrogen-bond acceptors (Lipinski definition) is 6. The summed E-state index contributed by atoms with van der Waals surface area (Å²) in [4.78, 5) is 37.6. The summed E-state index contributed by atoms with van der Waals surface area (Å²) >= 11 is 0. The number of benzene rings is 1. The zero-order chi connectivity index (χ0) is 21.0. The summed E-state index contributed by atoms with van der Waals surface area (Å²) in [5, 5.41) is 5.27. The second-order valence-electron chi connectivity index (χ2n) is 7.16. The number of anilines is 2. The van der Waals surface area contributed by atoms with Crippen molar-refractivity contribution < 1.29 is 28.2 Å². The molecule has 0 aromatic heterocycles. The number of alkyl carbamates (subject to hydrolysis) is 1. The van der Waals surface area contributed by atoms with Gasteiger partial charge in [-0.15, -0.1) is 0 Å². The summed E-state index contributed by atoms with van der Waals surface area (Å²) in [6.07, 6.45) is -0.694. The first-order chi connectivity index (χ1) is 13.9. The molecular weight excluding hydrogens is 383 g/mol. The molecule has 29 heavy (non-hydrogen) atoms. The third-order valence-corrected chi connectivity index (χ3v) is 5.04. The summed E-state index contributed by atoms with van der Waals surface area (Å²) in [5.41, 5.74) is 0.862. The predicted molar refractivity (Wildman–Crippen MR) is 103 cm³/mol. The van der Waals surface area contributed by atoms with Gasteiger partial charge in [0, 0.05) is 26.6 Å². The molecule has 3 rings (SSSR count). The fourth-order valence-electron chi connectivity index (χ4n) is 3.53. The van der Waals surface area contributed by atoms with Crippen LogP contribution in [0.5, 0.6) is 0 Å². The van der Waals surface area contributed by atoms with Gasteiger partial charge in [-0.2, -0.15) is 0 Å². The largest absolute Gasteiger partial charge is 0.453 e. The van der Waals surface area contributed by atoms with Gasteiger partial charge in [0.15, 0.2) is 0 Å². The van der Waals surface area contributed by atoms with Crippen LogP contribution in [0.15, 0.2) is 18.2 Å². The van der Waals surface area contributed by atoms with E-state index in [0.717, 1.165) is 6.42 Å². The van der Waals surface area contributed by atoms with Crippen molar-refractivity contribution in [3.63, 3.8) is 0 Å². The molecule has 1 aromatic rings. The van der Waals surface area contributed by atoms with Gasteiger partial charge in [-0.1, -0.05) is 0 Å². The summed E-state index contributed by atoms with van der Waals surface area (Å²) < 4.78 is 24.5. The number of rotatable bonds is 6. The first-order valence-electron chi connectivity index (χ1n) is 9.46.